The zero-order valence-corrected chi connectivity index (χ0v) is 21.4. The lowest BCUT2D eigenvalue weighted by Crippen LogP contribution is -2.46. The standard InChI is InChI=1S/C23H27ClN6O5S/c1-13(2)29-7-5-14(6-8-29)26-23(34)17-10-16(22(33)25-11-21(31)32)27-30(17)12-15-9-18(35-28-15)19-3-4-20(24)36-19/h3-4,9-10,13-14H,5-8,11-12H2,1-2H3,(H,25,33)(H,26,34)(H,31,32). The van der Waals surface area contributed by atoms with Crippen LogP contribution in [0.25, 0.3) is 10.6 Å². The van der Waals surface area contributed by atoms with Crippen LogP contribution < -0.4 is 10.6 Å². The van der Waals surface area contributed by atoms with E-state index in [1.807, 2.05) is 6.07 Å². The second-order valence-corrected chi connectivity index (χ2v) is 10.5. The molecule has 0 atom stereocenters. The van der Waals surface area contributed by atoms with Gasteiger partial charge in [0.2, 0.25) is 0 Å². The molecule has 13 heteroatoms. The van der Waals surface area contributed by atoms with E-state index in [9.17, 15) is 14.4 Å². The highest BCUT2D eigenvalue weighted by molar-refractivity contribution is 7.19. The van der Waals surface area contributed by atoms with Gasteiger partial charge in [0.05, 0.1) is 15.8 Å². The van der Waals surface area contributed by atoms with E-state index in [-0.39, 0.29) is 29.9 Å². The van der Waals surface area contributed by atoms with Gasteiger partial charge in [-0.05, 0) is 38.8 Å². The molecule has 1 saturated heterocycles. The zero-order valence-electron chi connectivity index (χ0n) is 19.9. The zero-order chi connectivity index (χ0) is 25.8. The van der Waals surface area contributed by atoms with Crippen molar-refractivity contribution in [1.82, 2.24) is 30.5 Å². The van der Waals surface area contributed by atoms with Gasteiger partial charge in [-0.3, -0.25) is 19.1 Å². The van der Waals surface area contributed by atoms with Crippen LogP contribution in [0.3, 0.4) is 0 Å². The Bertz CT molecular complexity index is 1240. The van der Waals surface area contributed by atoms with Gasteiger partial charge < -0.3 is 25.2 Å². The highest BCUT2D eigenvalue weighted by atomic mass is 35.5. The molecule has 3 aromatic heterocycles. The number of rotatable bonds is 9. The molecule has 0 aliphatic carbocycles. The minimum atomic E-state index is -1.18. The minimum absolute atomic E-state index is 0.00219. The normalized spacial score (nSPS) is 14.8. The summed E-state index contributed by atoms with van der Waals surface area (Å²) in [6.45, 7) is 5.59. The molecule has 3 aromatic rings. The summed E-state index contributed by atoms with van der Waals surface area (Å²) in [6, 6.07) is 7.11. The molecule has 1 aliphatic heterocycles. The number of aliphatic carboxylic acids is 1. The molecule has 1 aliphatic rings. The summed E-state index contributed by atoms with van der Waals surface area (Å²) in [4.78, 5) is 39.6. The van der Waals surface area contributed by atoms with Gasteiger partial charge in [-0.2, -0.15) is 5.10 Å². The monoisotopic (exact) mass is 534 g/mol. The van der Waals surface area contributed by atoms with Gasteiger partial charge in [0.1, 0.15) is 17.9 Å². The number of piperidine rings is 1. The number of hydrogen-bond acceptors (Lipinski definition) is 8. The second-order valence-electron chi connectivity index (χ2n) is 8.81. The molecular weight excluding hydrogens is 508 g/mol. The molecule has 0 bridgehead atoms. The maximum Gasteiger partial charge on any atom is 0.322 e. The molecule has 0 radical (unpaired) electrons. The summed E-state index contributed by atoms with van der Waals surface area (Å²) in [5, 5.41) is 22.5. The van der Waals surface area contributed by atoms with Crippen molar-refractivity contribution in [2.24, 2.45) is 0 Å². The lowest BCUT2D eigenvalue weighted by atomic mass is 10.0. The van der Waals surface area contributed by atoms with Crippen LogP contribution in [-0.4, -0.2) is 74.4 Å². The fourth-order valence-corrected chi connectivity index (χ4v) is 4.99. The van der Waals surface area contributed by atoms with E-state index >= 15 is 0 Å². The topological polar surface area (TPSA) is 143 Å². The molecular formula is C23H27ClN6O5S. The molecule has 0 spiro atoms. The Balaban J connectivity index is 1.52. The highest BCUT2D eigenvalue weighted by Crippen LogP contribution is 2.31. The van der Waals surface area contributed by atoms with Crippen molar-refractivity contribution < 1.29 is 24.0 Å². The van der Waals surface area contributed by atoms with E-state index in [4.69, 9.17) is 21.2 Å². The van der Waals surface area contributed by atoms with Crippen molar-refractivity contribution in [3.8, 4) is 10.6 Å². The highest BCUT2D eigenvalue weighted by Gasteiger charge is 2.26. The fraction of sp³-hybridized carbons (Fsp3) is 0.435. The van der Waals surface area contributed by atoms with E-state index in [1.54, 1.807) is 12.1 Å². The molecule has 2 amide bonds. The Hall–Kier alpha value is -3.22. The SMILES string of the molecule is CC(C)N1CCC(NC(=O)c2cc(C(=O)NCC(=O)O)nn2Cc2cc(-c3ccc(Cl)s3)on2)CC1. The van der Waals surface area contributed by atoms with Gasteiger partial charge in [-0.25, -0.2) is 0 Å². The quantitative estimate of drug-likeness (QED) is 0.380. The van der Waals surface area contributed by atoms with E-state index in [0.29, 0.717) is 21.8 Å². The van der Waals surface area contributed by atoms with Crippen LogP contribution in [0.2, 0.25) is 4.34 Å². The molecule has 3 N–H and O–H groups in total. The predicted molar refractivity (Wildman–Crippen MR) is 133 cm³/mol. The number of carboxylic acid groups (broad SMARTS) is 1. The number of nitrogens with one attached hydrogen (secondary N) is 2. The van der Waals surface area contributed by atoms with Gasteiger partial charge in [-0.1, -0.05) is 16.8 Å². The summed E-state index contributed by atoms with van der Waals surface area (Å²) in [7, 11) is 0. The maximum atomic E-state index is 13.2. The predicted octanol–water partition coefficient (Wildman–Crippen LogP) is 2.72. The molecule has 0 unspecified atom stereocenters. The molecule has 4 heterocycles. The number of aromatic nitrogens is 3. The Morgan fingerprint density at radius 1 is 1.22 bits per heavy atom. The van der Waals surface area contributed by atoms with Crippen LogP contribution in [0.5, 0.6) is 0 Å². The second kappa shape index (κ2) is 11.2. The van der Waals surface area contributed by atoms with E-state index in [2.05, 4.69) is 39.6 Å². The summed E-state index contributed by atoms with van der Waals surface area (Å²) in [6.07, 6.45) is 1.64. The lowest BCUT2D eigenvalue weighted by Gasteiger charge is -2.34. The Labute approximate surface area is 216 Å². The number of halogens is 1. The van der Waals surface area contributed by atoms with Crippen LogP contribution in [0, 0.1) is 0 Å². The number of thiophene rings is 1. The Morgan fingerprint density at radius 2 is 1.97 bits per heavy atom. The molecule has 0 aromatic carbocycles. The van der Waals surface area contributed by atoms with Crippen LogP contribution in [-0.2, 0) is 11.3 Å². The minimum Gasteiger partial charge on any atom is -0.480 e. The van der Waals surface area contributed by atoms with Crippen molar-refractivity contribution in [3.63, 3.8) is 0 Å². The molecule has 1 fully saturated rings. The summed E-state index contributed by atoms with van der Waals surface area (Å²) in [5.41, 5.74) is 0.602. The number of carbonyl (C=O) groups is 3. The average Bonchev–Trinajstić information content (AvgIpc) is 3.58. The summed E-state index contributed by atoms with van der Waals surface area (Å²) >= 11 is 7.35. The van der Waals surface area contributed by atoms with Crippen molar-refractivity contribution >= 4 is 40.7 Å². The Morgan fingerprint density at radius 3 is 2.61 bits per heavy atom. The van der Waals surface area contributed by atoms with Gasteiger partial charge in [0.15, 0.2) is 11.5 Å². The molecule has 192 valence electrons. The third kappa shape index (κ3) is 6.31. The van der Waals surface area contributed by atoms with E-state index < -0.39 is 18.4 Å². The number of amides is 2. The first kappa shape index (κ1) is 25.9. The summed E-state index contributed by atoms with van der Waals surface area (Å²) in [5.74, 6) is -1.71. The third-order valence-corrected chi connectivity index (χ3v) is 7.17. The number of carboxylic acids is 1. The smallest absolute Gasteiger partial charge is 0.322 e. The van der Waals surface area contributed by atoms with E-state index in [1.165, 1.54) is 22.1 Å². The first-order chi connectivity index (χ1) is 17.2. The third-order valence-electron chi connectivity index (χ3n) is 5.93. The molecule has 11 nitrogen and oxygen atoms in total. The average molecular weight is 535 g/mol. The maximum absolute atomic E-state index is 13.2. The molecule has 4 rings (SSSR count). The molecule has 36 heavy (non-hydrogen) atoms. The number of carbonyl (C=O) groups excluding carboxylic acids is 2. The van der Waals surface area contributed by atoms with Gasteiger partial charge >= 0.3 is 5.97 Å². The largest absolute Gasteiger partial charge is 0.480 e. The van der Waals surface area contributed by atoms with Crippen molar-refractivity contribution in [2.75, 3.05) is 19.6 Å². The first-order valence-electron chi connectivity index (χ1n) is 11.5. The first-order valence-corrected chi connectivity index (χ1v) is 12.7. The van der Waals surface area contributed by atoms with Gasteiger partial charge in [-0.15, -0.1) is 11.3 Å². The lowest BCUT2D eigenvalue weighted by molar-refractivity contribution is -0.135. The van der Waals surface area contributed by atoms with Crippen LogP contribution in [0.15, 0.2) is 28.8 Å². The molecule has 0 saturated carbocycles. The van der Waals surface area contributed by atoms with Crippen molar-refractivity contribution in [3.05, 3.63) is 45.7 Å². The number of hydrogen-bond donors (Lipinski definition) is 3. The van der Waals surface area contributed by atoms with Crippen LogP contribution >= 0.6 is 22.9 Å². The van der Waals surface area contributed by atoms with Gasteiger partial charge in [0.25, 0.3) is 11.8 Å². The number of nitrogens with zero attached hydrogens (tertiary/aromatic N) is 4. The van der Waals surface area contributed by atoms with E-state index in [0.717, 1.165) is 30.8 Å². The Kier molecular flexibility index (Phi) is 8.07. The van der Waals surface area contributed by atoms with Gasteiger partial charge in [0, 0.05) is 37.3 Å². The van der Waals surface area contributed by atoms with Crippen LogP contribution in [0.1, 0.15) is 53.4 Å². The van der Waals surface area contributed by atoms with Crippen molar-refractivity contribution in [2.45, 2.75) is 45.3 Å². The van der Waals surface area contributed by atoms with Crippen molar-refractivity contribution in [1.29, 1.82) is 0 Å². The fourth-order valence-electron chi connectivity index (χ4n) is 4.00. The summed E-state index contributed by atoms with van der Waals surface area (Å²) < 4.78 is 7.41. The number of likely N-dealkylation sites (tertiary alicyclic amines) is 1. The van der Waals surface area contributed by atoms with Crippen LogP contribution in [0.4, 0.5) is 0 Å².